The SMILES string of the molecule is CCNC(=NCC(C)C)NCCOc1ccc(C(F)(F)F)cn1. The van der Waals surface area contributed by atoms with Gasteiger partial charge in [-0.2, -0.15) is 13.2 Å². The fourth-order valence-corrected chi connectivity index (χ4v) is 1.57. The lowest BCUT2D eigenvalue weighted by molar-refractivity contribution is -0.137. The van der Waals surface area contributed by atoms with Crippen molar-refractivity contribution in [3.63, 3.8) is 0 Å². The lowest BCUT2D eigenvalue weighted by atomic mass is 10.2. The molecule has 8 heteroatoms. The summed E-state index contributed by atoms with van der Waals surface area (Å²) in [4.78, 5) is 8.04. The Kier molecular flexibility index (Phi) is 7.64. The molecular formula is C15H23F3N4O. The molecule has 0 radical (unpaired) electrons. The Labute approximate surface area is 134 Å². The van der Waals surface area contributed by atoms with Crippen molar-refractivity contribution in [3.05, 3.63) is 23.9 Å². The minimum Gasteiger partial charge on any atom is -0.476 e. The summed E-state index contributed by atoms with van der Waals surface area (Å²) >= 11 is 0. The van der Waals surface area contributed by atoms with E-state index in [9.17, 15) is 13.2 Å². The number of guanidine groups is 1. The lowest BCUT2D eigenvalue weighted by Crippen LogP contribution is -2.39. The summed E-state index contributed by atoms with van der Waals surface area (Å²) in [7, 11) is 0. The number of halogens is 3. The molecule has 0 aliphatic carbocycles. The molecular weight excluding hydrogens is 309 g/mol. The minimum absolute atomic E-state index is 0.156. The first-order chi connectivity index (χ1) is 10.8. The normalized spacial score (nSPS) is 12.4. The highest BCUT2D eigenvalue weighted by Gasteiger charge is 2.30. The number of aromatic nitrogens is 1. The maximum atomic E-state index is 12.4. The van der Waals surface area contributed by atoms with E-state index < -0.39 is 11.7 Å². The first-order valence-corrected chi connectivity index (χ1v) is 7.51. The number of nitrogens with one attached hydrogen (secondary N) is 2. The molecule has 1 heterocycles. The topological polar surface area (TPSA) is 58.5 Å². The fraction of sp³-hybridized carbons (Fsp3) is 0.600. The number of rotatable bonds is 7. The largest absolute Gasteiger partial charge is 0.476 e. The highest BCUT2D eigenvalue weighted by Crippen LogP contribution is 2.29. The van der Waals surface area contributed by atoms with Gasteiger partial charge in [-0.3, -0.25) is 4.99 Å². The highest BCUT2D eigenvalue weighted by molar-refractivity contribution is 5.79. The minimum atomic E-state index is -4.39. The number of alkyl halides is 3. The Balaban J connectivity index is 2.39. The second-order valence-corrected chi connectivity index (χ2v) is 5.27. The molecule has 130 valence electrons. The van der Waals surface area contributed by atoms with Crippen molar-refractivity contribution in [2.24, 2.45) is 10.9 Å². The third kappa shape index (κ3) is 7.71. The van der Waals surface area contributed by atoms with Crippen LogP contribution in [0, 0.1) is 5.92 Å². The molecule has 1 rings (SSSR count). The van der Waals surface area contributed by atoms with Crippen LogP contribution >= 0.6 is 0 Å². The van der Waals surface area contributed by atoms with Crippen molar-refractivity contribution in [1.29, 1.82) is 0 Å². The Hall–Kier alpha value is -1.99. The van der Waals surface area contributed by atoms with E-state index in [0.29, 0.717) is 25.0 Å². The van der Waals surface area contributed by atoms with Crippen LogP contribution < -0.4 is 15.4 Å². The monoisotopic (exact) mass is 332 g/mol. The van der Waals surface area contributed by atoms with Gasteiger partial charge in [0.05, 0.1) is 12.1 Å². The second-order valence-electron chi connectivity index (χ2n) is 5.27. The van der Waals surface area contributed by atoms with Gasteiger partial charge in [0.1, 0.15) is 6.61 Å². The van der Waals surface area contributed by atoms with Gasteiger partial charge in [-0.15, -0.1) is 0 Å². The van der Waals surface area contributed by atoms with Gasteiger partial charge in [0.25, 0.3) is 0 Å². The summed E-state index contributed by atoms with van der Waals surface area (Å²) in [6.45, 7) is 8.30. The number of aliphatic imine (C=N–C) groups is 1. The average molecular weight is 332 g/mol. The molecule has 1 aromatic heterocycles. The number of pyridine rings is 1. The molecule has 0 aromatic carbocycles. The van der Waals surface area contributed by atoms with Gasteiger partial charge in [-0.25, -0.2) is 4.98 Å². The van der Waals surface area contributed by atoms with Crippen LogP contribution in [0.25, 0.3) is 0 Å². The molecule has 0 atom stereocenters. The maximum Gasteiger partial charge on any atom is 0.417 e. The van der Waals surface area contributed by atoms with Gasteiger partial charge in [-0.05, 0) is 18.9 Å². The van der Waals surface area contributed by atoms with E-state index in [0.717, 1.165) is 18.8 Å². The number of nitrogens with zero attached hydrogens (tertiary/aromatic N) is 2. The van der Waals surface area contributed by atoms with Crippen LogP contribution in [0.5, 0.6) is 5.88 Å². The first-order valence-electron chi connectivity index (χ1n) is 7.51. The molecule has 0 fully saturated rings. The van der Waals surface area contributed by atoms with Crippen molar-refractivity contribution in [2.45, 2.75) is 26.9 Å². The molecule has 0 spiro atoms. The standard InChI is InChI=1S/C15H23F3N4O/c1-4-19-14(22-9-11(2)3)20-7-8-23-13-6-5-12(10-21-13)15(16,17)18/h5-6,10-11H,4,7-9H2,1-3H3,(H2,19,20,22). The molecule has 0 unspecified atom stereocenters. The summed E-state index contributed by atoms with van der Waals surface area (Å²) < 4.78 is 42.5. The molecule has 1 aromatic rings. The maximum absolute atomic E-state index is 12.4. The van der Waals surface area contributed by atoms with E-state index >= 15 is 0 Å². The Bertz CT molecular complexity index is 486. The zero-order chi connectivity index (χ0) is 17.3. The van der Waals surface area contributed by atoms with Crippen LogP contribution in [0.3, 0.4) is 0 Å². The van der Waals surface area contributed by atoms with Gasteiger partial charge >= 0.3 is 6.18 Å². The second kappa shape index (κ2) is 9.22. The lowest BCUT2D eigenvalue weighted by Gasteiger charge is -2.12. The van der Waals surface area contributed by atoms with Crippen LogP contribution in [-0.4, -0.2) is 37.2 Å². The predicted molar refractivity (Wildman–Crippen MR) is 83.6 cm³/mol. The number of hydrogen-bond donors (Lipinski definition) is 2. The zero-order valence-electron chi connectivity index (χ0n) is 13.6. The quantitative estimate of drug-likeness (QED) is 0.458. The summed E-state index contributed by atoms with van der Waals surface area (Å²) in [5.74, 6) is 1.30. The molecule has 5 nitrogen and oxygen atoms in total. The molecule has 0 saturated carbocycles. The third-order valence-electron chi connectivity index (χ3n) is 2.67. The van der Waals surface area contributed by atoms with E-state index in [-0.39, 0.29) is 12.5 Å². The summed E-state index contributed by atoms with van der Waals surface area (Å²) in [5.41, 5.74) is -0.793. The molecule has 0 amide bonds. The summed E-state index contributed by atoms with van der Waals surface area (Å²) in [5, 5.41) is 6.19. The van der Waals surface area contributed by atoms with Gasteiger partial charge in [0, 0.05) is 25.4 Å². The summed E-state index contributed by atoms with van der Waals surface area (Å²) in [6.07, 6.45) is -3.63. The summed E-state index contributed by atoms with van der Waals surface area (Å²) in [6, 6.07) is 2.16. The number of hydrogen-bond acceptors (Lipinski definition) is 3. The molecule has 23 heavy (non-hydrogen) atoms. The van der Waals surface area contributed by atoms with Crippen molar-refractivity contribution < 1.29 is 17.9 Å². The molecule has 0 saturated heterocycles. The number of ether oxygens (including phenoxy) is 1. The van der Waals surface area contributed by atoms with Gasteiger partial charge in [-0.1, -0.05) is 13.8 Å². The molecule has 0 bridgehead atoms. The van der Waals surface area contributed by atoms with Crippen molar-refractivity contribution in [3.8, 4) is 5.88 Å². The van der Waals surface area contributed by atoms with Crippen molar-refractivity contribution >= 4 is 5.96 Å². The Morgan fingerprint density at radius 2 is 2.04 bits per heavy atom. The third-order valence-corrected chi connectivity index (χ3v) is 2.67. The fourth-order valence-electron chi connectivity index (χ4n) is 1.57. The van der Waals surface area contributed by atoms with Gasteiger partial charge < -0.3 is 15.4 Å². The highest BCUT2D eigenvalue weighted by atomic mass is 19.4. The van der Waals surface area contributed by atoms with E-state index in [2.05, 4.69) is 34.5 Å². The van der Waals surface area contributed by atoms with Crippen molar-refractivity contribution in [2.75, 3.05) is 26.2 Å². The van der Waals surface area contributed by atoms with Crippen LogP contribution in [0.4, 0.5) is 13.2 Å². The van der Waals surface area contributed by atoms with E-state index in [4.69, 9.17) is 4.74 Å². The van der Waals surface area contributed by atoms with Crippen LogP contribution in [0.15, 0.2) is 23.3 Å². The Morgan fingerprint density at radius 1 is 1.30 bits per heavy atom. The molecule has 0 aliphatic heterocycles. The van der Waals surface area contributed by atoms with E-state index in [1.54, 1.807) is 0 Å². The zero-order valence-corrected chi connectivity index (χ0v) is 13.6. The smallest absolute Gasteiger partial charge is 0.417 e. The Morgan fingerprint density at radius 3 is 2.57 bits per heavy atom. The molecule has 2 N–H and O–H groups in total. The predicted octanol–water partition coefficient (Wildman–Crippen LogP) is 2.69. The van der Waals surface area contributed by atoms with Crippen molar-refractivity contribution in [1.82, 2.24) is 15.6 Å². The van der Waals surface area contributed by atoms with Crippen LogP contribution in [-0.2, 0) is 6.18 Å². The van der Waals surface area contributed by atoms with Crippen LogP contribution in [0.2, 0.25) is 0 Å². The first kappa shape index (κ1) is 19.1. The average Bonchev–Trinajstić information content (AvgIpc) is 2.48. The van der Waals surface area contributed by atoms with Gasteiger partial charge in [0.2, 0.25) is 5.88 Å². The van der Waals surface area contributed by atoms with Crippen LogP contribution in [0.1, 0.15) is 26.3 Å². The van der Waals surface area contributed by atoms with E-state index in [1.165, 1.54) is 6.07 Å². The van der Waals surface area contributed by atoms with Gasteiger partial charge in [0.15, 0.2) is 5.96 Å². The van der Waals surface area contributed by atoms with E-state index in [1.807, 2.05) is 6.92 Å². The molecule has 0 aliphatic rings.